The number of carbonyl (C=O) groups is 2. The summed E-state index contributed by atoms with van der Waals surface area (Å²) in [6.07, 6.45) is 2.45. The van der Waals surface area contributed by atoms with Gasteiger partial charge in [-0.05, 0) is 63.4 Å². The van der Waals surface area contributed by atoms with Gasteiger partial charge in [-0.15, -0.1) is 0 Å². The number of aliphatic hydroxyl groups is 1. The lowest BCUT2D eigenvalue weighted by Gasteiger charge is -2.31. The van der Waals surface area contributed by atoms with Crippen molar-refractivity contribution in [3.63, 3.8) is 0 Å². The first-order chi connectivity index (χ1) is 11.5. The molecule has 1 unspecified atom stereocenters. The fraction of sp³-hybridized carbons (Fsp3) is 0.579. The van der Waals surface area contributed by atoms with Crippen LogP contribution in [-0.2, 0) is 11.3 Å². The number of piperidine rings is 1. The Morgan fingerprint density at radius 3 is 2.42 bits per heavy atom. The Morgan fingerprint density at radius 2 is 1.88 bits per heavy atom. The summed E-state index contributed by atoms with van der Waals surface area (Å²) >= 11 is 0. The fourth-order valence-electron chi connectivity index (χ4n) is 3.14. The number of rotatable bonds is 7. The van der Waals surface area contributed by atoms with Gasteiger partial charge in [0.15, 0.2) is 0 Å². The fourth-order valence-corrected chi connectivity index (χ4v) is 3.14. The zero-order valence-corrected chi connectivity index (χ0v) is 14.6. The number of ketones is 1. The van der Waals surface area contributed by atoms with E-state index in [-0.39, 0.29) is 17.7 Å². The molecule has 2 N–H and O–H groups in total. The van der Waals surface area contributed by atoms with Crippen molar-refractivity contribution in [3.05, 3.63) is 35.4 Å². The molecule has 24 heavy (non-hydrogen) atoms. The molecule has 132 valence electrons. The average Bonchev–Trinajstić information content (AvgIpc) is 2.55. The maximum atomic E-state index is 12.2. The molecular weight excluding hydrogens is 304 g/mol. The van der Waals surface area contributed by atoms with Crippen LogP contribution in [0.1, 0.15) is 49.0 Å². The highest BCUT2D eigenvalue weighted by molar-refractivity contribution is 5.94. The minimum Gasteiger partial charge on any atom is -0.396 e. The third kappa shape index (κ3) is 5.73. The number of nitrogens with one attached hydrogen (secondary N) is 1. The Labute approximate surface area is 144 Å². The molecule has 1 aliphatic rings. The standard InChI is InChI=1S/C19H28N2O3/c1-14(11-15(2)23)20-19(24)18-5-3-16(4-6-18)12-21-9-7-17(13-22)8-10-21/h3-6,14,17,22H,7-13H2,1-2H3,(H,20,24). The molecule has 0 aromatic heterocycles. The Bertz CT molecular complexity index is 548. The lowest BCUT2D eigenvalue weighted by Crippen LogP contribution is -2.34. The van der Waals surface area contributed by atoms with Crippen molar-refractivity contribution >= 4 is 11.7 Å². The van der Waals surface area contributed by atoms with E-state index < -0.39 is 0 Å². The second kappa shape index (κ2) is 8.94. The normalized spacial score (nSPS) is 17.5. The van der Waals surface area contributed by atoms with Crippen LogP contribution in [0.15, 0.2) is 24.3 Å². The van der Waals surface area contributed by atoms with Crippen LogP contribution in [0.4, 0.5) is 0 Å². The van der Waals surface area contributed by atoms with Gasteiger partial charge in [0.25, 0.3) is 5.91 Å². The van der Waals surface area contributed by atoms with Crippen LogP contribution < -0.4 is 5.32 Å². The summed E-state index contributed by atoms with van der Waals surface area (Å²) in [5.74, 6) is 0.381. The molecule has 1 aromatic carbocycles. The van der Waals surface area contributed by atoms with Crippen molar-refractivity contribution in [2.45, 2.75) is 45.7 Å². The number of amides is 1. The topological polar surface area (TPSA) is 69.6 Å². The van der Waals surface area contributed by atoms with Gasteiger partial charge in [0.05, 0.1) is 0 Å². The van der Waals surface area contributed by atoms with Crippen LogP contribution in [0, 0.1) is 5.92 Å². The summed E-state index contributed by atoms with van der Waals surface area (Å²) in [5.41, 5.74) is 1.80. The lowest BCUT2D eigenvalue weighted by molar-refractivity contribution is -0.117. The molecule has 1 fully saturated rings. The third-order valence-corrected chi connectivity index (χ3v) is 4.56. The van der Waals surface area contributed by atoms with Crippen LogP contribution in [-0.4, -0.2) is 47.4 Å². The van der Waals surface area contributed by atoms with E-state index in [9.17, 15) is 14.7 Å². The van der Waals surface area contributed by atoms with E-state index in [0.717, 1.165) is 32.5 Å². The Morgan fingerprint density at radius 1 is 1.25 bits per heavy atom. The second-order valence-electron chi connectivity index (χ2n) is 6.88. The predicted molar refractivity (Wildman–Crippen MR) is 93.8 cm³/mol. The summed E-state index contributed by atoms with van der Waals surface area (Å²) in [7, 11) is 0. The highest BCUT2D eigenvalue weighted by Crippen LogP contribution is 2.18. The Kier molecular flexibility index (Phi) is 6.94. The molecule has 0 spiro atoms. The molecule has 0 radical (unpaired) electrons. The zero-order chi connectivity index (χ0) is 17.5. The zero-order valence-electron chi connectivity index (χ0n) is 14.6. The van der Waals surface area contributed by atoms with Crippen molar-refractivity contribution in [1.29, 1.82) is 0 Å². The molecule has 5 heteroatoms. The summed E-state index contributed by atoms with van der Waals surface area (Å²) in [4.78, 5) is 25.6. The van der Waals surface area contributed by atoms with E-state index in [1.807, 2.05) is 31.2 Å². The molecule has 1 saturated heterocycles. The van der Waals surface area contributed by atoms with Gasteiger partial charge in [-0.1, -0.05) is 12.1 Å². The maximum Gasteiger partial charge on any atom is 0.251 e. The Balaban J connectivity index is 1.84. The largest absolute Gasteiger partial charge is 0.396 e. The van der Waals surface area contributed by atoms with Gasteiger partial charge >= 0.3 is 0 Å². The number of carbonyl (C=O) groups excluding carboxylic acids is 2. The molecule has 0 saturated carbocycles. The highest BCUT2D eigenvalue weighted by Gasteiger charge is 2.18. The van der Waals surface area contributed by atoms with E-state index in [4.69, 9.17) is 0 Å². The summed E-state index contributed by atoms with van der Waals surface area (Å²) in [5, 5.41) is 12.0. The average molecular weight is 332 g/mol. The molecule has 0 bridgehead atoms. The number of benzene rings is 1. The number of Topliss-reactive ketones (excluding diaryl/α,β-unsaturated/α-hetero) is 1. The van der Waals surface area contributed by atoms with Crippen molar-refractivity contribution < 1.29 is 14.7 Å². The maximum absolute atomic E-state index is 12.2. The molecular formula is C19H28N2O3. The number of hydrogen-bond acceptors (Lipinski definition) is 4. The van der Waals surface area contributed by atoms with Crippen molar-refractivity contribution in [2.24, 2.45) is 5.92 Å². The first-order valence-electron chi connectivity index (χ1n) is 8.70. The second-order valence-corrected chi connectivity index (χ2v) is 6.88. The van der Waals surface area contributed by atoms with Crippen molar-refractivity contribution in [2.75, 3.05) is 19.7 Å². The molecule has 0 aliphatic carbocycles. The van der Waals surface area contributed by atoms with Crippen LogP contribution in [0.3, 0.4) is 0 Å². The third-order valence-electron chi connectivity index (χ3n) is 4.56. The van der Waals surface area contributed by atoms with E-state index in [0.29, 0.717) is 24.5 Å². The summed E-state index contributed by atoms with van der Waals surface area (Å²) in [6.45, 7) is 6.55. The predicted octanol–water partition coefficient (Wildman–Crippen LogP) is 1.99. The monoisotopic (exact) mass is 332 g/mol. The molecule has 1 aromatic rings. The number of hydrogen-bond donors (Lipinski definition) is 2. The number of likely N-dealkylation sites (tertiary alicyclic amines) is 1. The minimum atomic E-state index is -0.150. The quantitative estimate of drug-likeness (QED) is 0.801. The summed E-state index contributed by atoms with van der Waals surface area (Å²) in [6, 6.07) is 7.50. The van der Waals surface area contributed by atoms with E-state index >= 15 is 0 Å². The molecule has 2 rings (SSSR count). The van der Waals surface area contributed by atoms with Gasteiger partial charge in [-0.25, -0.2) is 0 Å². The molecule has 1 heterocycles. The molecule has 5 nitrogen and oxygen atoms in total. The minimum absolute atomic E-state index is 0.0723. The molecule has 1 atom stereocenters. The molecule has 1 amide bonds. The van der Waals surface area contributed by atoms with E-state index in [2.05, 4.69) is 10.2 Å². The lowest BCUT2D eigenvalue weighted by atomic mass is 9.97. The first kappa shape index (κ1) is 18.6. The van der Waals surface area contributed by atoms with Crippen LogP contribution >= 0.6 is 0 Å². The smallest absolute Gasteiger partial charge is 0.251 e. The van der Waals surface area contributed by atoms with Crippen molar-refractivity contribution in [1.82, 2.24) is 10.2 Å². The van der Waals surface area contributed by atoms with Gasteiger partial charge in [0.1, 0.15) is 5.78 Å². The summed E-state index contributed by atoms with van der Waals surface area (Å²) < 4.78 is 0. The van der Waals surface area contributed by atoms with Gasteiger partial charge in [0, 0.05) is 31.2 Å². The van der Waals surface area contributed by atoms with Gasteiger partial charge in [0.2, 0.25) is 0 Å². The number of aliphatic hydroxyl groups excluding tert-OH is 1. The molecule has 1 aliphatic heterocycles. The first-order valence-corrected chi connectivity index (χ1v) is 8.70. The highest BCUT2D eigenvalue weighted by atomic mass is 16.3. The van der Waals surface area contributed by atoms with Gasteiger partial charge < -0.3 is 10.4 Å². The van der Waals surface area contributed by atoms with Crippen LogP contribution in [0.25, 0.3) is 0 Å². The van der Waals surface area contributed by atoms with Gasteiger partial charge in [-0.3, -0.25) is 14.5 Å². The van der Waals surface area contributed by atoms with Crippen molar-refractivity contribution in [3.8, 4) is 0 Å². The van der Waals surface area contributed by atoms with Crippen LogP contribution in [0.2, 0.25) is 0 Å². The Hall–Kier alpha value is -1.72. The van der Waals surface area contributed by atoms with E-state index in [1.165, 1.54) is 12.5 Å². The van der Waals surface area contributed by atoms with Gasteiger partial charge in [-0.2, -0.15) is 0 Å². The van der Waals surface area contributed by atoms with Crippen LogP contribution in [0.5, 0.6) is 0 Å². The number of nitrogens with zero attached hydrogens (tertiary/aromatic N) is 1. The van der Waals surface area contributed by atoms with E-state index in [1.54, 1.807) is 0 Å². The SMILES string of the molecule is CC(=O)CC(C)NC(=O)c1ccc(CN2CCC(CO)CC2)cc1.